The number of carboxylic acids is 1. The number of benzene rings is 2. The number of halogens is 4. The van der Waals surface area contributed by atoms with Crippen LogP contribution in [0.2, 0.25) is 0 Å². The average Bonchev–Trinajstić information content (AvgIpc) is 3.39. The molecule has 1 aromatic heterocycles. The Morgan fingerprint density at radius 3 is 2.51 bits per heavy atom. The second-order valence-corrected chi connectivity index (χ2v) is 7.20. The summed E-state index contributed by atoms with van der Waals surface area (Å²) in [6, 6.07) is 9.47. The normalized spacial score (nSPS) is 10.6. The third-order valence-corrected chi connectivity index (χ3v) is 4.52. The third kappa shape index (κ3) is 9.33. The highest BCUT2D eigenvalue weighted by molar-refractivity contribution is 5.91. The largest absolute Gasteiger partial charge is 0.497 e. The molecule has 0 saturated heterocycles. The summed E-state index contributed by atoms with van der Waals surface area (Å²) in [5.74, 6) is -2.31. The average molecular weight is 528 g/mol. The van der Waals surface area contributed by atoms with E-state index in [1.165, 1.54) is 18.3 Å². The number of methoxy groups -OCH3 is 1. The maximum Gasteiger partial charge on any atom is 0.490 e. The van der Waals surface area contributed by atoms with Crippen LogP contribution in [-0.4, -0.2) is 58.9 Å². The van der Waals surface area contributed by atoms with Gasteiger partial charge >= 0.3 is 18.2 Å². The molecule has 0 radical (unpaired) electrons. The predicted molar refractivity (Wildman–Crippen MR) is 124 cm³/mol. The van der Waals surface area contributed by atoms with Crippen molar-refractivity contribution in [2.75, 3.05) is 25.6 Å². The fourth-order valence-electron chi connectivity index (χ4n) is 2.77. The zero-order chi connectivity index (χ0) is 27.4. The molecule has 1 heterocycles. The van der Waals surface area contributed by atoms with Crippen LogP contribution in [-0.2, 0) is 11.3 Å². The quantitative estimate of drug-likeness (QED) is 0.209. The van der Waals surface area contributed by atoms with Gasteiger partial charge in [0.2, 0.25) is 0 Å². The number of aliphatic hydroxyl groups excluding tert-OH is 1. The van der Waals surface area contributed by atoms with E-state index in [0.717, 1.165) is 5.56 Å². The number of carbonyl (C=O) groups excluding carboxylic acids is 1. The van der Waals surface area contributed by atoms with Crippen molar-refractivity contribution < 1.29 is 46.8 Å². The van der Waals surface area contributed by atoms with E-state index in [4.69, 9.17) is 24.5 Å². The lowest BCUT2D eigenvalue weighted by Crippen LogP contribution is -2.28. The van der Waals surface area contributed by atoms with Gasteiger partial charge < -0.3 is 30.3 Å². The first-order valence-electron chi connectivity index (χ1n) is 10.6. The molecule has 0 aliphatic rings. The van der Waals surface area contributed by atoms with Crippen LogP contribution in [0.15, 0.2) is 48.8 Å². The summed E-state index contributed by atoms with van der Waals surface area (Å²) in [7, 11) is 1.57. The van der Waals surface area contributed by atoms with Crippen molar-refractivity contribution in [1.82, 2.24) is 15.5 Å². The van der Waals surface area contributed by atoms with Gasteiger partial charge in [-0.05, 0) is 23.8 Å². The van der Waals surface area contributed by atoms with Crippen LogP contribution >= 0.6 is 0 Å². The van der Waals surface area contributed by atoms with E-state index in [2.05, 4.69) is 20.8 Å². The van der Waals surface area contributed by atoms with Gasteiger partial charge in [-0.1, -0.05) is 12.1 Å². The predicted octanol–water partition coefficient (Wildman–Crippen LogP) is 3.94. The molecule has 0 fully saturated rings. The molecule has 0 saturated carbocycles. The number of nitrogens with one attached hydrogen (secondary N) is 3. The summed E-state index contributed by atoms with van der Waals surface area (Å²) in [5.41, 5.74) is 1.87. The van der Waals surface area contributed by atoms with E-state index in [-0.39, 0.29) is 36.8 Å². The summed E-state index contributed by atoms with van der Waals surface area (Å²) in [5, 5.41) is 27.9. The van der Waals surface area contributed by atoms with Crippen LogP contribution in [0.4, 0.5) is 28.0 Å². The molecule has 0 spiro atoms. The zero-order valence-corrected chi connectivity index (χ0v) is 19.4. The Kier molecular flexibility index (Phi) is 10.7. The smallest absolute Gasteiger partial charge is 0.490 e. The van der Waals surface area contributed by atoms with Gasteiger partial charge in [-0.25, -0.2) is 14.0 Å². The summed E-state index contributed by atoms with van der Waals surface area (Å²) in [6.45, 7) is 0.436. The monoisotopic (exact) mass is 528 g/mol. The molecule has 200 valence electrons. The molecule has 0 bridgehead atoms. The number of carboxylic acid groups (broad SMARTS) is 1. The minimum atomic E-state index is -5.08. The number of hydrogen-bond donors (Lipinski definition) is 5. The highest BCUT2D eigenvalue weighted by Gasteiger charge is 2.38. The van der Waals surface area contributed by atoms with E-state index < -0.39 is 24.0 Å². The highest BCUT2D eigenvalue weighted by Crippen LogP contribution is 2.33. The molecule has 3 rings (SSSR count). The second kappa shape index (κ2) is 13.7. The van der Waals surface area contributed by atoms with Crippen molar-refractivity contribution >= 4 is 17.7 Å². The van der Waals surface area contributed by atoms with Crippen molar-refractivity contribution in [3.05, 3.63) is 60.2 Å². The third-order valence-electron chi connectivity index (χ3n) is 4.52. The molecular formula is C23H24F4N4O6. The van der Waals surface area contributed by atoms with Gasteiger partial charge in [-0.3, -0.25) is 5.10 Å². The molecule has 5 N–H and O–H groups in total. The van der Waals surface area contributed by atoms with E-state index in [1.54, 1.807) is 13.3 Å². The van der Waals surface area contributed by atoms with Gasteiger partial charge in [0.1, 0.15) is 17.3 Å². The first kappa shape index (κ1) is 28.9. The van der Waals surface area contributed by atoms with Crippen LogP contribution in [0.25, 0.3) is 11.1 Å². The van der Waals surface area contributed by atoms with Crippen molar-refractivity contribution in [2.45, 2.75) is 19.1 Å². The second-order valence-electron chi connectivity index (χ2n) is 7.20. The van der Waals surface area contributed by atoms with Gasteiger partial charge in [0, 0.05) is 43.0 Å². The minimum Gasteiger partial charge on any atom is -0.497 e. The van der Waals surface area contributed by atoms with E-state index in [0.29, 0.717) is 17.7 Å². The number of aromatic amines is 1. The Morgan fingerprint density at radius 1 is 1.19 bits per heavy atom. The lowest BCUT2D eigenvalue weighted by molar-refractivity contribution is -0.192. The van der Waals surface area contributed by atoms with E-state index in [9.17, 15) is 22.4 Å². The van der Waals surface area contributed by atoms with E-state index >= 15 is 0 Å². The number of amides is 2. The Balaban J connectivity index is 0.000000604. The number of aliphatic hydroxyl groups is 1. The number of aliphatic carboxylic acids is 1. The lowest BCUT2D eigenvalue weighted by atomic mass is 10.1. The zero-order valence-electron chi connectivity index (χ0n) is 19.4. The summed E-state index contributed by atoms with van der Waals surface area (Å²) in [6.07, 6.45) is -1.63. The summed E-state index contributed by atoms with van der Waals surface area (Å²) in [4.78, 5) is 21.3. The van der Waals surface area contributed by atoms with Gasteiger partial charge in [0.05, 0.1) is 25.6 Å². The summed E-state index contributed by atoms with van der Waals surface area (Å²) < 4.78 is 57.2. The van der Waals surface area contributed by atoms with Crippen LogP contribution in [0.5, 0.6) is 11.5 Å². The SMILES string of the molecule is COc1cccc(CNC(=O)Nc2cc(F)c(-c3cn[nH]c3)cc2OCCCO)c1.O=C(O)C(F)(F)F. The highest BCUT2D eigenvalue weighted by atomic mass is 19.4. The molecule has 37 heavy (non-hydrogen) atoms. The number of nitrogens with zero attached hydrogens (tertiary/aromatic N) is 1. The molecule has 14 heteroatoms. The van der Waals surface area contributed by atoms with Crippen LogP contribution in [0.3, 0.4) is 0 Å². The van der Waals surface area contributed by atoms with Crippen LogP contribution < -0.4 is 20.1 Å². The molecule has 0 atom stereocenters. The van der Waals surface area contributed by atoms with E-state index in [1.807, 2.05) is 24.3 Å². The standard InChI is InChI=1S/C21H23FN4O4.C2HF3O2/c1-29-16-5-2-4-14(8-16)11-23-21(28)26-19-10-18(22)17(15-12-24-25-13-15)9-20(19)30-7-3-6-27;3-2(4,5)1(6)7/h2,4-5,8-10,12-13,27H,3,6-7,11H2,1H3,(H,24,25)(H2,23,26,28);(H,6,7). The van der Waals surface area contributed by atoms with Crippen molar-refractivity contribution in [2.24, 2.45) is 0 Å². The molecule has 3 aromatic rings. The molecule has 2 aromatic carbocycles. The Labute approximate surface area is 208 Å². The van der Waals surface area contributed by atoms with Crippen molar-refractivity contribution in [1.29, 1.82) is 0 Å². The van der Waals surface area contributed by atoms with Crippen LogP contribution in [0, 0.1) is 5.82 Å². The summed E-state index contributed by atoms with van der Waals surface area (Å²) >= 11 is 0. The number of carbonyl (C=O) groups is 2. The van der Waals surface area contributed by atoms with Crippen molar-refractivity contribution in [3.8, 4) is 22.6 Å². The molecular weight excluding hydrogens is 504 g/mol. The number of H-pyrrole nitrogens is 1. The number of aromatic nitrogens is 2. The Bertz CT molecular complexity index is 1170. The number of rotatable bonds is 9. The van der Waals surface area contributed by atoms with Gasteiger partial charge in [0.25, 0.3) is 0 Å². The van der Waals surface area contributed by atoms with Gasteiger partial charge in [-0.2, -0.15) is 18.3 Å². The molecule has 0 aliphatic carbocycles. The number of ether oxygens (including phenoxy) is 2. The maximum atomic E-state index is 14.6. The Morgan fingerprint density at radius 2 is 1.92 bits per heavy atom. The first-order valence-corrected chi connectivity index (χ1v) is 10.6. The van der Waals surface area contributed by atoms with Crippen molar-refractivity contribution in [3.63, 3.8) is 0 Å². The fourth-order valence-corrected chi connectivity index (χ4v) is 2.77. The molecule has 2 amide bonds. The maximum absolute atomic E-state index is 14.6. The Hall–Kier alpha value is -4.33. The van der Waals surface area contributed by atoms with Gasteiger partial charge in [-0.15, -0.1) is 0 Å². The lowest BCUT2D eigenvalue weighted by Gasteiger charge is -2.15. The number of anilines is 1. The number of urea groups is 1. The molecule has 0 unspecified atom stereocenters. The first-order chi connectivity index (χ1) is 17.5. The number of alkyl halides is 3. The van der Waals surface area contributed by atoms with Gasteiger partial charge in [0.15, 0.2) is 0 Å². The minimum absolute atomic E-state index is 0.0421. The topological polar surface area (TPSA) is 146 Å². The number of hydrogen-bond acceptors (Lipinski definition) is 6. The molecule has 0 aliphatic heterocycles. The molecule has 10 nitrogen and oxygen atoms in total. The fraction of sp³-hybridized carbons (Fsp3) is 0.261. The van der Waals surface area contributed by atoms with Crippen LogP contribution in [0.1, 0.15) is 12.0 Å².